The predicted octanol–water partition coefficient (Wildman–Crippen LogP) is 3.96. The third kappa shape index (κ3) is 4.07. The minimum Gasteiger partial charge on any atom is -0.381 e. The number of rotatable bonds is 4. The smallest absolute Gasteiger partial charge is 0.227 e. The molecule has 2 aliphatic rings. The second-order valence-corrected chi connectivity index (χ2v) is 8.46. The van der Waals surface area contributed by atoms with E-state index in [4.69, 9.17) is 16.3 Å². The van der Waals surface area contributed by atoms with E-state index in [1.54, 1.807) is 29.2 Å². The Hall–Kier alpha value is -2.44. The standard InChI is InChI=1S/C23H24ClFN2O3/c1-15-2-5-18(24)13-20(15)27-14-16(12-21(27)28)22(29)26-23(8-10-30-11-9-23)17-3-6-19(25)7-4-17/h2-7,13,16H,8-12,14H2,1H3,(H,26,29). The molecule has 7 heteroatoms. The maximum absolute atomic E-state index is 13.4. The van der Waals surface area contributed by atoms with Crippen LogP contribution in [0.15, 0.2) is 42.5 Å². The number of hydrogen-bond donors (Lipinski definition) is 1. The van der Waals surface area contributed by atoms with Crippen LogP contribution in [-0.2, 0) is 19.9 Å². The molecular formula is C23H24ClFN2O3. The van der Waals surface area contributed by atoms with Gasteiger partial charge in [0.05, 0.1) is 11.5 Å². The van der Waals surface area contributed by atoms with Gasteiger partial charge in [0.2, 0.25) is 11.8 Å². The fraction of sp³-hybridized carbons (Fsp3) is 0.391. The normalized spacial score (nSPS) is 21.0. The van der Waals surface area contributed by atoms with Crippen molar-refractivity contribution < 1.29 is 18.7 Å². The van der Waals surface area contributed by atoms with Gasteiger partial charge in [0.25, 0.3) is 0 Å². The van der Waals surface area contributed by atoms with Crippen molar-refractivity contribution in [3.63, 3.8) is 0 Å². The van der Waals surface area contributed by atoms with Crippen molar-refractivity contribution >= 4 is 29.1 Å². The zero-order valence-corrected chi connectivity index (χ0v) is 17.5. The molecule has 1 unspecified atom stereocenters. The summed E-state index contributed by atoms with van der Waals surface area (Å²) in [7, 11) is 0. The molecule has 30 heavy (non-hydrogen) atoms. The molecule has 0 aromatic heterocycles. The second kappa shape index (κ2) is 8.36. The summed E-state index contributed by atoms with van der Waals surface area (Å²) in [5.74, 6) is -1.04. The Morgan fingerprint density at radius 2 is 1.90 bits per heavy atom. The van der Waals surface area contributed by atoms with Gasteiger partial charge >= 0.3 is 0 Å². The van der Waals surface area contributed by atoms with Crippen molar-refractivity contribution in [2.75, 3.05) is 24.7 Å². The molecule has 2 aromatic rings. The van der Waals surface area contributed by atoms with Gasteiger partial charge in [0.1, 0.15) is 5.82 Å². The molecule has 0 aliphatic carbocycles. The predicted molar refractivity (Wildman–Crippen MR) is 113 cm³/mol. The lowest BCUT2D eigenvalue weighted by molar-refractivity contribution is -0.129. The minimum atomic E-state index is -0.620. The van der Waals surface area contributed by atoms with Crippen LogP contribution in [-0.4, -0.2) is 31.6 Å². The van der Waals surface area contributed by atoms with Crippen LogP contribution in [0.25, 0.3) is 0 Å². The zero-order valence-electron chi connectivity index (χ0n) is 16.8. The molecule has 2 heterocycles. The van der Waals surface area contributed by atoms with Crippen LogP contribution >= 0.6 is 11.6 Å². The highest BCUT2D eigenvalue weighted by atomic mass is 35.5. The van der Waals surface area contributed by atoms with E-state index >= 15 is 0 Å². The first-order valence-corrected chi connectivity index (χ1v) is 10.5. The summed E-state index contributed by atoms with van der Waals surface area (Å²) >= 11 is 6.11. The molecule has 0 bridgehead atoms. The van der Waals surface area contributed by atoms with E-state index in [0.717, 1.165) is 16.8 Å². The maximum Gasteiger partial charge on any atom is 0.227 e. The Morgan fingerprint density at radius 1 is 1.20 bits per heavy atom. The number of aryl methyl sites for hydroxylation is 1. The SMILES string of the molecule is Cc1ccc(Cl)cc1N1CC(C(=O)NC2(c3ccc(F)cc3)CCOCC2)CC1=O. The molecular weight excluding hydrogens is 407 g/mol. The topological polar surface area (TPSA) is 58.6 Å². The van der Waals surface area contributed by atoms with Crippen LogP contribution in [0.2, 0.25) is 5.02 Å². The van der Waals surface area contributed by atoms with E-state index in [-0.39, 0.29) is 24.1 Å². The summed E-state index contributed by atoms with van der Waals surface area (Å²) in [6, 6.07) is 11.6. The lowest BCUT2D eigenvalue weighted by Gasteiger charge is -2.39. The molecule has 158 valence electrons. The van der Waals surface area contributed by atoms with E-state index in [1.165, 1.54) is 12.1 Å². The summed E-state index contributed by atoms with van der Waals surface area (Å²) in [5.41, 5.74) is 1.90. The van der Waals surface area contributed by atoms with Crippen molar-refractivity contribution in [2.24, 2.45) is 5.92 Å². The van der Waals surface area contributed by atoms with Crippen molar-refractivity contribution in [1.82, 2.24) is 5.32 Å². The van der Waals surface area contributed by atoms with Gasteiger partial charge in [-0.05, 0) is 55.2 Å². The molecule has 2 saturated heterocycles. The summed E-state index contributed by atoms with van der Waals surface area (Å²) in [4.78, 5) is 27.5. The average Bonchev–Trinajstić information content (AvgIpc) is 3.12. The highest BCUT2D eigenvalue weighted by Crippen LogP contribution is 2.35. The van der Waals surface area contributed by atoms with Gasteiger partial charge in [0, 0.05) is 36.9 Å². The van der Waals surface area contributed by atoms with Gasteiger partial charge in [-0.25, -0.2) is 4.39 Å². The van der Waals surface area contributed by atoms with Gasteiger partial charge < -0.3 is 15.0 Å². The maximum atomic E-state index is 13.4. The van der Waals surface area contributed by atoms with Gasteiger partial charge in [-0.3, -0.25) is 9.59 Å². The third-order valence-electron chi connectivity index (χ3n) is 6.06. The number of ether oxygens (including phenoxy) is 1. The molecule has 4 rings (SSSR count). The van der Waals surface area contributed by atoms with E-state index in [9.17, 15) is 14.0 Å². The Labute approximate surface area is 180 Å². The zero-order chi connectivity index (χ0) is 21.3. The van der Waals surface area contributed by atoms with Gasteiger partial charge in [-0.2, -0.15) is 0 Å². The van der Waals surface area contributed by atoms with Crippen LogP contribution in [0.1, 0.15) is 30.4 Å². The molecule has 2 amide bonds. The van der Waals surface area contributed by atoms with E-state index in [0.29, 0.717) is 37.6 Å². The molecule has 2 fully saturated rings. The van der Waals surface area contributed by atoms with Crippen LogP contribution in [0.3, 0.4) is 0 Å². The monoisotopic (exact) mass is 430 g/mol. The van der Waals surface area contributed by atoms with Crippen molar-refractivity contribution in [3.8, 4) is 0 Å². The van der Waals surface area contributed by atoms with Crippen molar-refractivity contribution in [1.29, 1.82) is 0 Å². The van der Waals surface area contributed by atoms with Crippen LogP contribution < -0.4 is 10.2 Å². The molecule has 0 spiro atoms. The molecule has 2 aliphatic heterocycles. The Kier molecular flexibility index (Phi) is 5.80. The highest BCUT2D eigenvalue weighted by Gasteiger charge is 2.41. The van der Waals surface area contributed by atoms with Gasteiger partial charge in [-0.1, -0.05) is 29.8 Å². The third-order valence-corrected chi connectivity index (χ3v) is 6.30. The second-order valence-electron chi connectivity index (χ2n) is 8.03. The molecule has 2 aromatic carbocycles. The lowest BCUT2D eigenvalue weighted by Crippen LogP contribution is -2.51. The highest BCUT2D eigenvalue weighted by molar-refractivity contribution is 6.31. The summed E-state index contributed by atoms with van der Waals surface area (Å²) in [6.45, 7) is 3.24. The van der Waals surface area contributed by atoms with E-state index in [2.05, 4.69) is 5.32 Å². The first-order chi connectivity index (χ1) is 14.4. The number of amides is 2. The first-order valence-electron chi connectivity index (χ1n) is 10.1. The average molecular weight is 431 g/mol. The van der Waals surface area contributed by atoms with Gasteiger partial charge in [0.15, 0.2) is 0 Å². The fourth-order valence-electron chi connectivity index (χ4n) is 4.30. The number of nitrogens with one attached hydrogen (secondary N) is 1. The molecule has 5 nitrogen and oxygen atoms in total. The van der Waals surface area contributed by atoms with E-state index < -0.39 is 11.5 Å². The summed E-state index contributed by atoms with van der Waals surface area (Å²) in [6.07, 6.45) is 1.35. The Morgan fingerprint density at radius 3 is 2.60 bits per heavy atom. The number of halogens is 2. The fourth-order valence-corrected chi connectivity index (χ4v) is 4.47. The number of benzene rings is 2. The van der Waals surface area contributed by atoms with Crippen LogP contribution in [0, 0.1) is 18.7 Å². The lowest BCUT2D eigenvalue weighted by atomic mass is 9.82. The molecule has 0 radical (unpaired) electrons. The first kappa shape index (κ1) is 20.8. The van der Waals surface area contributed by atoms with E-state index in [1.807, 2.05) is 13.0 Å². The largest absolute Gasteiger partial charge is 0.381 e. The minimum absolute atomic E-state index is 0.0941. The number of hydrogen-bond acceptors (Lipinski definition) is 3. The van der Waals surface area contributed by atoms with Crippen LogP contribution in [0.5, 0.6) is 0 Å². The summed E-state index contributed by atoms with van der Waals surface area (Å²) < 4.78 is 18.9. The molecule has 1 N–H and O–H groups in total. The van der Waals surface area contributed by atoms with Crippen molar-refractivity contribution in [3.05, 3.63) is 64.4 Å². The Bertz CT molecular complexity index is 957. The number of carbonyl (C=O) groups is 2. The van der Waals surface area contributed by atoms with Crippen LogP contribution in [0.4, 0.5) is 10.1 Å². The van der Waals surface area contributed by atoms with Gasteiger partial charge in [-0.15, -0.1) is 0 Å². The number of carbonyl (C=O) groups excluding carboxylic acids is 2. The number of anilines is 1. The molecule has 1 atom stereocenters. The summed E-state index contributed by atoms with van der Waals surface area (Å²) in [5, 5.41) is 3.73. The quantitative estimate of drug-likeness (QED) is 0.798. The molecule has 0 saturated carbocycles. The van der Waals surface area contributed by atoms with Crippen molar-refractivity contribution in [2.45, 2.75) is 31.7 Å². The Balaban J connectivity index is 1.54. The number of nitrogens with zero attached hydrogens (tertiary/aromatic N) is 1.